The van der Waals surface area contributed by atoms with Crippen LogP contribution in [0.4, 0.5) is 5.69 Å². The molecule has 3 aromatic carbocycles. The van der Waals surface area contributed by atoms with Gasteiger partial charge in [0.1, 0.15) is 0 Å². The van der Waals surface area contributed by atoms with Crippen molar-refractivity contribution in [3.63, 3.8) is 0 Å². The number of carbonyl (C=O) groups excluding carboxylic acids is 1. The maximum atomic E-state index is 13.2. The molecule has 1 heterocycles. The van der Waals surface area contributed by atoms with Crippen LogP contribution in [0.15, 0.2) is 82.6 Å². The molecule has 0 aliphatic carbocycles. The Labute approximate surface area is 206 Å². The molecule has 1 aliphatic rings. The monoisotopic (exact) mass is 494 g/mol. The summed E-state index contributed by atoms with van der Waals surface area (Å²) in [7, 11) is -3.61. The number of carbonyl (C=O) groups is 1. The molecule has 4 rings (SSSR count). The molecule has 178 valence electrons. The van der Waals surface area contributed by atoms with E-state index in [1.165, 1.54) is 11.0 Å². The van der Waals surface area contributed by atoms with Crippen molar-refractivity contribution in [2.45, 2.75) is 48.2 Å². The molecule has 0 aromatic heterocycles. The number of nitrogens with zero attached hydrogens (tertiary/aromatic N) is 1. The van der Waals surface area contributed by atoms with Crippen molar-refractivity contribution in [3.05, 3.63) is 89.5 Å². The normalized spacial score (nSPS) is 15.0. The van der Waals surface area contributed by atoms with E-state index in [1.807, 2.05) is 49.4 Å². The Morgan fingerprint density at radius 3 is 2.26 bits per heavy atom. The second-order valence-corrected chi connectivity index (χ2v) is 11.5. The lowest BCUT2D eigenvalue weighted by atomic mass is 10.1. The second-order valence-electron chi connectivity index (χ2n) is 8.55. The number of aryl methyl sites for hydroxylation is 1. The predicted molar refractivity (Wildman–Crippen MR) is 139 cm³/mol. The van der Waals surface area contributed by atoms with Crippen LogP contribution in [0.3, 0.4) is 0 Å². The van der Waals surface area contributed by atoms with E-state index >= 15 is 0 Å². The minimum absolute atomic E-state index is 0.179. The van der Waals surface area contributed by atoms with Gasteiger partial charge in [-0.3, -0.25) is 4.79 Å². The number of sulfonamides is 1. The lowest BCUT2D eigenvalue weighted by Gasteiger charge is -2.20. The fraction of sp³-hybridized carbons (Fsp3) is 0.296. The van der Waals surface area contributed by atoms with Crippen LogP contribution in [0.5, 0.6) is 0 Å². The number of anilines is 1. The van der Waals surface area contributed by atoms with Gasteiger partial charge in [-0.1, -0.05) is 49.2 Å². The number of benzene rings is 3. The number of thioether (sulfide) groups is 1. The van der Waals surface area contributed by atoms with Gasteiger partial charge in [0.05, 0.1) is 4.90 Å². The number of hydrogen-bond donors (Lipinski definition) is 1. The Kier molecular flexibility index (Phi) is 8.08. The van der Waals surface area contributed by atoms with Gasteiger partial charge in [-0.05, 0) is 67.3 Å². The Bertz CT molecular complexity index is 1220. The van der Waals surface area contributed by atoms with Crippen molar-refractivity contribution >= 4 is 33.4 Å². The maximum absolute atomic E-state index is 13.2. The number of amides is 1. The molecule has 1 aliphatic heterocycles. The zero-order valence-corrected chi connectivity index (χ0v) is 21.0. The van der Waals surface area contributed by atoms with E-state index in [-0.39, 0.29) is 10.8 Å². The van der Waals surface area contributed by atoms with Gasteiger partial charge >= 0.3 is 0 Å². The highest BCUT2D eigenvalue weighted by Gasteiger charge is 2.26. The molecule has 1 fully saturated rings. The van der Waals surface area contributed by atoms with E-state index in [0.29, 0.717) is 24.3 Å². The van der Waals surface area contributed by atoms with Crippen LogP contribution in [0.2, 0.25) is 0 Å². The van der Waals surface area contributed by atoms with Crippen molar-refractivity contribution in [1.29, 1.82) is 0 Å². The van der Waals surface area contributed by atoms with Crippen molar-refractivity contribution in [3.8, 4) is 0 Å². The largest absolute Gasteiger partial charge is 0.322 e. The topological polar surface area (TPSA) is 66.5 Å². The molecule has 0 bridgehead atoms. The lowest BCUT2D eigenvalue weighted by molar-refractivity contribution is 0.102. The number of hydrogen-bond acceptors (Lipinski definition) is 4. The van der Waals surface area contributed by atoms with Gasteiger partial charge in [0.25, 0.3) is 5.91 Å². The number of rotatable bonds is 7. The van der Waals surface area contributed by atoms with Gasteiger partial charge in [0.15, 0.2) is 0 Å². The van der Waals surface area contributed by atoms with Crippen LogP contribution in [-0.4, -0.2) is 31.7 Å². The summed E-state index contributed by atoms with van der Waals surface area (Å²) in [5.41, 5.74) is 2.95. The fourth-order valence-corrected chi connectivity index (χ4v) is 6.42. The van der Waals surface area contributed by atoms with Crippen LogP contribution in [0.1, 0.15) is 47.2 Å². The summed E-state index contributed by atoms with van der Waals surface area (Å²) in [4.78, 5) is 14.4. The molecular formula is C27H30N2O3S2. The van der Waals surface area contributed by atoms with E-state index in [1.54, 1.807) is 28.2 Å². The van der Waals surface area contributed by atoms with Crippen molar-refractivity contribution in [2.75, 3.05) is 18.4 Å². The summed E-state index contributed by atoms with van der Waals surface area (Å²) in [6.45, 7) is 2.89. The first-order chi connectivity index (χ1) is 16.4. The average molecular weight is 495 g/mol. The van der Waals surface area contributed by atoms with Crippen LogP contribution in [0.25, 0.3) is 0 Å². The Morgan fingerprint density at radius 1 is 0.912 bits per heavy atom. The van der Waals surface area contributed by atoms with Crippen LogP contribution in [-0.2, 0) is 15.8 Å². The van der Waals surface area contributed by atoms with Crippen molar-refractivity contribution < 1.29 is 13.2 Å². The molecule has 0 saturated carbocycles. The second kappa shape index (κ2) is 11.2. The van der Waals surface area contributed by atoms with Crippen molar-refractivity contribution in [1.82, 2.24) is 4.31 Å². The third-order valence-electron chi connectivity index (χ3n) is 6.02. The summed E-state index contributed by atoms with van der Waals surface area (Å²) in [5.74, 6) is 0.533. The first-order valence-electron chi connectivity index (χ1n) is 11.6. The molecule has 7 heteroatoms. The summed E-state index contributed by atoms with van der Waals surface area (Å²) >= 11 is 1.76. The SMILES string of the molecule is Cc1ccc(S(=O)(=O)N2CCCCCC2)cc1C(=O)Nc1ccc(CSc2ccccc2)cc1. The van der Waals surface area contributed by atoms with E-state index in [0.717, 1.165) is 42.6 Å². The molecule has 0 unspecified atom stereocenters. The summed E-state index contributed by atoms with van der Waals surface area (Å²) in [6, 6.07) is 22.8. The highest BCUT2D eigenvalue weighted by Crippen LogP contribution is 2.25. The molecule has 0 spiro atoms. The predicted octanol–water partition coefficient (Wildman–Crippen LogP) is 6.10. The molecule has 1 saturated heterocycles. The van der Waals surface area contributed by atoms with Gasteiger partial charge < -0.3 is 5.32 Å². The fourth-order valence-electron chi connectivity index (χ4n) is 4.00. The van der Waals surface area contributed by atoms with Gasteiger partial charge in [0, 0.05) is 35.0 Å². The minimum Gasteiger partial charge on any atom is -0.322 e. The highest BCUT2D eigenvalue weighted by atomic mass is 32.2. The molecule has 1 amide bonds. The van der Waals surface area contributed by atoms with Crippen LogP contribution >= 0.6 is 11.8 Å². The molecule has 1 N–H and O–H groups in total. The molecule has 3 aromatic rings. The molecule has 0 atom stereocenters. The third kappa shape index (κ3) is 6.09. The first kappa shape index (κ1) is 24.5. The standard InChI is InChI=1S/C27H30N2O3S2/c1-21-11-16-25(34(31,32)29-17-7-2-3-8-18-29)19-26(21)27(30)28-23-14-12-22(13-15-23)20-33-24-9-5-4-6-10-24/h4-6,9-16,19H,2-3,7-8,17-18,20H2,1H3,(H,28,30). The Morgan fingerprint density at radius 2 is 1.59 bits per heavy atom. The summed E-state index contributed by atoms with van der Waals surface area (Å²) in [6.07, 6.45) is 3.85. The Hall–Kier alpha value is -2.61. The van der Waals surface area contributed by atoms with E-state index in [2.05, 4.69) is 17.4 Å². The summed E-state index contributed by atoms with van der Waals surface area (Å²) < 4.78 is 27.9. The van der Waals surface area contributed by atoms with E-state index in [4.69, 9.17) is 0 Å². The lowest BCUT2D eigenvalue weighted by Crippen LogP contribution is -2.32. The third-order valence-corrected chi connectivity index (χ3v) is 8.99. The minimum atomic E-state index is -3.61. The van der Waals surface area contributed by atoms with Crippen molar-refractivity contribution in [2.24, 2.45) is 0 Å². The zero-order chi connectivity index (χ0) is 24.0. The maximum Gasteiger partial charge on any atom is 0.255 e. The van der Waals surface area contributed by atoms with Crippen LogP contribution < -0.4 is 5.32 Å². The highest BCUT2D eigenvalue weighted by molar-refractivity contribution is 7.98. The quantitative estimate of drug-likeness (QED) is 0.403. The molecule has 34 heavy (non-hydrogen) atoms. The van der Waals surface area contributed by atoms with E-state index in [9.17, 15) is 13.2 Å². The van der Waals surface area contributed by atoms with Gasteiger partial charge in [-0.2, -0.15) is 4.31 Å². The molecular weight excluding hydrogens is 464 g/mol. The Balaban J connectivity index is 1.44. The zero-order valence-electron chi connectivity index (χ0n) is 19.4. The molecule has 0 radical (unpaired) electrons. The van der Waals surface area contributed by atoms with Crippen LogP contribution in [0, 0.1) is 6.92 Å². The smallest absolute Gasteiger partial charge is 0.255 e. The van der Waals surface area contributed by atoms with E-state index < -0.39 is 10.0 Å². The first-order valence-corrected chi connectivity index (χ1v) is 14.0. The number of nitrogens with one attached hydrogen (secondary N) is 1. The average Bonchev–Trinajstić information content (AvgIpc) is 3.15. The molecule has 5 nitrogen and oxygen atoms in total. The van der Waals surface area contributed by atoms with Gasteiger partial charge in [-0.25, -0.2) is 8.42 Å². The van der Waals surface area contributed by atoms with Gasteiger partial charge in [-0.15, -0.1) is 11.8 Å². The summed E-state index contributed by atoms with van der Waals surface area (Å²) in [5, 5.41) is 2.91. The van der Waals surface area contributed by atoms with Gasteiger partial charge in [0.2, 0.25) is 10.0 Å².